The number of benzene rings is 1. The molecule has 0 fully saturated rings. The van der Waals surface area contributed by atoms with Crippen LogP contribution in [0.5, 0.6) is 5.88 Å². The Kier molecular flexibility index (Phi) is 6.45. The molecule has 0 aliphatic heterocycles. The van der Waals surface area contributed by atoms with Crippen molar-refractivity contribution in [1.82, 2.24) is 15.0 Å². The van der Waals surface area contributed by atoms with E-state index < -0.39 is 12.8 Å². The number of nitrogens with zero attached hydrogens (tertiary/aromatic N) is 4. The van der Waals surface area contributed by atoms with E-state index in [-0.39, 0.29) is 30.0 Å². The molecule has 7 nitrogen and oxygen atoms in total. The van der Waals surface area contributed by atoms with Gasteiger partial charge >= 0.3 is 6.18 Å². The number of carbonyl (C=O) groups is 1. The van der Waals surface area contributed by atoms with Gasteiger partial charge in [-0.25, -0.2) is 4.98 Å². The topological polar surface area (TPSA) is 80.2 Å². The first-order valence-corrected chi connectivity index (χ1v) is 8.86. The lowest BCUT2D eigenvalue weighted by molar-refractivity contribution is -0.154. The molecule has 0 atom stereocenters. The number of hydrogen-bond acceptors (Lipinski definition) is 6. The standard InChI is InChI=1S/C20H18F3N5O2/c1-28(15-7-3-2-4-8-15)18(29)12-25-16-10-17(30-13-20(21,22)23)27-19(26-16)14-6-5-9-24-11-14/h2-11H,12-13H2,1H3,(H,25,26,27). The summed E-state index contributed by atoms with van der Waals surface area (Å²) in [5.74, 6) is -0.266. The van der Waals surface area contributed by atoms with E-state index in [0.717, 1.165) is 0 Å². The summed E-state index contributed by atoms with van der Waals surface area (Å²) in [6, 6.07) is 13.5. The summed E-state index contributed by atoms with van der Waals surface area (Å²) in [4.78, 5) is 26.1. The molecule has 0 aliphatic carbocycles. The van der Waals surface area contributed by atoms with Crippen molar-refractivity contribution in [2.24, 2.45) is 0 Å². The number of carbonyl (C=O) groups excluding carboxylic acids is 1. The number of halogens is 3. The van der Waals surface area contributed by atoms with Crippen LogP contribution in [0.25, 0.3) is 11.4 Å². The summed E-state index contributed by atoms with van der Waals surface area (Å²) in [6.07, 6.45) is -1.49. The zero-order valence-corrected chi connectivity index (χ0v) is 15.9. The SMILES string of the molecule is CN(C(=O)CNc1cc(OCC(F)(F)F)nc(-c2cccnc2)n1)c1ccccc1. The first kappa shape index (κ1) is 21.0. The molecule has 0 aliphatic rings. The molecule has 156 valence electrons. The van der Waals surface area contributed by atoms with Crippen molar-refractivity contribution in [2.45, 2.75) is 6.18 Å². The number of amides is 1. The van der Waals surface area contributed by atoms with E-state index in [1.165, 1.54) is 17.2 Å². The Morgan fingerprint density at radius 3 is 2.57 bits per heavy atom. The first-order chi connectivity index (χ1) is 14.3. The predicted octanol–water partition coefficient (Wildman–Crippen LogP) is 3.55. The van der Waals surface area contributed by atoms with Gasteiger partial charge in [0.2, 0.25) is 11.8 Å². The van der Waals surface area contributed by atoms with Gasteiger partial charge in [-0.05, 0) is 24.3 Å². The minimum Gasteiger partial charge on any atom is -0.468 e. The summed E-state index contributed by atoms with van der Waals surface area (Å²) in [6.45, 7) is -1.63. The maximum Gasteiger partial charge on any atom is 0.422 e. The third-order valence-electron chi connectivity index (χ3n) is 3.94. The molecular formula is C20H18F3N5O2. The first-order valence-electron chi connectivity index (χ1n) is 8.86. The maximum atomic E-state index is 12.5. The zero-order valence-electron chi connectivity index (χ0n) is 15.9. The summed E-state index contributed by atoms with van der Waals surface area (Å²) in [7, 11) is 1.62. The van der Waals surface area contributed by atoms with Gasteiger partial charge in [-0.15, -0.1) is 0 Å². The van der Waals surface area contributed by atoms with Gasteiger partial charge in [-0.3, -0.25) is 9.78 Å². The summed E-state index contributed by atoms with van der Waals surface area (Å²) in [5, 5.41) is 2.82. The molecule has 0 bridgehead atoms. The highest BCUT2D eigenvalue weighted by atomic mass is 19.4. The molecule has 1 amide bonds. The Hall–Kier alpha value is -3.69. The Labute approximate surface area is 170 Å². The number of nitrogens with one attached hydrogen (secondary N) is 1. The number of rotatable bonds is 7. The van der Waals surface area contributed by atoms with Crippen molar-refractivity contribution >= 4 is 17.4 Å². The van der Waals surface area contributed by atoms with Crippen LogP contribution in [0.3, 0.4) is 0 Å². The number of para-hydroxylation sites is 1. The van der Waals surface area contributed by atoms with Crippen LogP contribution in [0.15, 0.2) is 60.9 Å². The van der Waals surface area contributed by atoms with Gasteiger partial charge in [-0.1, -0.05) is 18.2 Å². The van der Waals surface area contributed by atoms with Crippen molar-refractivity contribution in [3.63, 3.8) is 0 Å². The molecule has 10 heteroatoms. The average molecular weight is 417 g/mol. The number of hydrogen-bond donors (Lipinski definition) is 1. The van der Waals surface area contributed by atoms with Gasteiger partial charge < -0.3 is 15.0 Å². The summed E-state index contributed by atoms with van der Waals surface area (Å²) >= 11 is 0. The van der Waals surface area contributed by atoms with Crippen molar-refractivity contribution in [3.05, 3.63) is 60.9 Å². The molecule has 0 radical (unpaired) electrons. The molecule has 2 aromatic heterocycles. The second-order valence-corrected chi connectivity index (χ2v) is 6.20. The summed E-state index contributed by atoms with van der Waals surface area (Å²) in [5.41, 5.74) is 1.20. The average Bonchev–Trinajstić information content (AvgIpc) is 2.76. The van der Waals surface area contributed by atoms with Crippen LogP contribution >= 0.6 is 0 Å². The maximum absolute atomic E-state index is 12.5. The third kappa shape index (κ3) is 5.90. The van der Waals surface area contributed by atoms with Crippen molar-refractivity contribution < 1.29 is 22.7 Å². The van der Waals surface area contributed by atoms with E-state index >= 15 is 0 Å². The van der Waals surface area contributed by atoms with Gasteiger partial charge in [0.1, 0.15) is 5.82 Å². The number of ether oxygens (including phenoxy) is 1. The fourth-order valence-corrected chi connectivity index (χ4v) is 2.45. The molecule has 30 heavy (non-hydrogen) atoms. The second kappa shape index (κ2) is 9.21. The quantitative estimate of drug-likeness (QED) is 0.633. The van der Waals surface area contributed by atoms with E-state index in [2.05, 4.69) is 20.3 Å². The largest absolute Gasteiger partial charge is 0.468 e. The van der Waals surface area contributed by atoms with Gasteiger partial charge in [0.25, 0.3) is 0 Å². The lowest BCUT2D eigenvalue weighted by Gasteiger charge is -2.18. The highest BCUT2D eigenvalue weighted by Crippen LogP contribution is 2.23. The Morgan fingerprint density at radius 1 is 1.13 bits per heavy atom. The Balaban J connectivity index is 1.78. The van der Waals surface area contributed by atoms with E-state index in [9.17, 15) is 18.0 Å². The number of likely N-dealkylation sites (N-methyl/N-ethyl adjacent to an activating group) is 1. The number of alkyl halides is 3. The van der Waals surface area contributed by atoms with E-state index in [1.54, 1.807) is 49.6 Å². The van der Waals surface area contributed by atoms with E-state index in [1.807, 2.05) is 6.07 Å². The Morgan fingerprint density at radius 2 is 1.90 bits per heavy atom. The lowest BCUT2D eigenvalue weighted by atomic mass is 10.2. The zero-order chi connectivity index (χ0) is 21.6. The molecule has 2 heterocycles. The molecule has 1 aromatic carbocycles. The Bertz CT molecular complexity index is 985. The predicted molar refractivity (Wildman–Crippen MR) is 105 cm³/mol. The van der Waals surface area contributed by atoms with Crippen molar-refractivity contribution in [3.8, 4) is 17.3 Å². The van der Waals surface area contributed by atoms with Crippen LogP contribution in [-0.4, -0.2) is 47.2 Å². The van der Waals surface area contributed by atoms with Crippen LogP contribution in [0, 0.1) is 0 Å². The third-order valence-corrected chi connectivity index (χ3v) is 3.94. The fourth-order valence-electron chi connectivity index (χ4n) is 2.45. The number of pyridine rings is 1. The molecule has 0 saturated carbocycles. The highest BCUT2D eigenvalue weighted by Gasteiger charge is 2.29. The fraction of sp³-hybridized carbons (Fsp3) is 0.200. The van der Waals surface area contributed by atoms with Crippen LogP contribution in [0.2, 0.25) is 0 Å². The summed E-state index contributed by atoms with van der Waals surface area (Å²) < 4.78 is 42.3. The molecule has 0 saturated heterocycles. The monoisotopic (exact) mass is 417 g/mol. The molecular weight excluding hydrogens is 399 g/mol. The second-order valence-electron chi connectivity index (χ2n) is 6.20. The van der Waals surface area contributed by atoms with Gasteiger partial charge in [0, 0.05) is 36.8 Å². The van der Waals surface area contributed by atoms with Crippen LogP contribution in [0.1, 0.15) is 0 Å². The van der Waals surface area contributed by atoms with Crippen molar-refractivity contribution in [2.75, 3.05) is 30.4 Å². The van der Waals surface area contributed by atoms with Crippen LogP contribution < -0.4 is 15.0 Å². The van der Waals surface area contributed by atoms with Gasteiger partial charge in [0.05, 0.1) is 6.54 Å². The molecule has 3 aromatic rings. The highest BCUT2D eigenvalue weighted by molar-refractivity contribution is 5.95. The van der Waals surface area contributed by atoms with E-state index in [0.29, 0.717) is 11.3 Å². The van der Waals surface area contributed by atoms with Gasteiger partial charge in [0.15, 0.2) is 12.4 Å². The molecule has 0 spiro atoms. The molecule has 3 rings (SSSR count). The molecule has 1 N–H and O–H groups in total. The minimum absolute atomic E-state index is 0.120. The number of aromatic nitrogens is 3. The molecule has 0 unspecified atom stereocenters. The van der Waals surface area contributed by atoms with Gasteiger partial charge in [-0.2, -0.15) is 18.2 Å². The van der Waals surface area contributed by atoms with E-state index in [4.69, 9.17) is 4.74 Å². The van der Waals surface area contributed by atoms with Crippen LogP contribution in [-0.2, 0) is 4.79 Å². The van der Waals surface area contributed by atoms with Crippen LogP contribution in [0.4, 0.5) is 24.7 Å². The normalized spacial score (nSPS) is 11.1. The number of anilines is 2. The minimum atomic E-state index is -4.51. The van der Waals surface area contributed by atoms with Crippen molar-refractivity contribution in [1.29, 1.82) is 0 Å². The lowest BCUT2D eigenvalue weighted by Crippen LogP contribution is -2.32. The smallest absolute Gasteiger partial charge is 0.422 e.